The fraction of sp³-hybridized carbons (Fsp3) is 0.0169. The van der Waals surface area contributed by atoms with Gasteiger partial charge in [0.1, 0.15) is 0 Å². The summed E-state index contributed by atoms with van der Waals surface area (Å²) >= 11 is 0. The Kier molecular flexibility index (Phi) is 8.11. The minimum atomic E-state index is -0.358. The van der Waals surface area contributed by atoms with Crippen LogP contribution in [0.15, 0.2) is 231 Å². The molecule has 1 aromatic heterocycles. The van der Waals surface area contributed by atoms with Gasteiger partial charge in [0.25, 0.3) is 0 Å². The first kappa shape index (κ1) is 35.0. The summed E-state index contributed by atoms with van der Waals surface area (Å²) in [5, 5.41) is 0. The lowest BCUT2D eigenvalue weighted by Gasteiger charge is -2.30. The lowest BCUT2D eigenvalue weighted by atomic mass is 9.70. The number of hydrogen-bond donors (Lipinski definition) is 0. The third-order valence-corrected chi connectivity index (χ3v) is 12.8. The Morgan fingerprint density at radius 3 is 1.11 bits per heavy atom. The Morgan fingerprint density at radius 2 is 0.590 bits per heavy atom. The Hall–Kier alpha value is -7.94. The number of benzene rings is 9. The van der Waals surface area contributed by atoms with Crippen molar-refractivity contribution in [3.05, 3.63) is 253 Å². The first-order valence-electron chi connectivity index (χ1n) is 21.0. The lowest BCUT2D eigenvalue weighted by Crippen LogP contribution is -2.25. The monoisotopic (exact) mass is 774 g/mol. The molecule has 0 unspecified atom stereocenters. The highest BCUT2D eigenvalue weighted by Crippen LogP contribution is 2.63. The minimum absolute atomic E-state index is 0.358. The highest BCUT2D eigenvalue weighted by Gasteiger charge is 2.51. The largest absolute Gasteiger partial charge is 0.228 e. The maximum Gasteiger partial charge on any atom is 0.160 e. The zero-order chi connectivity index (χ0) is 40.3. The maximum atomic E-state index is 5.27. The SMILES string of the molecule is c1ccc(-c2ccc(-c3cc(-c4ccc(-c5ccccc5)cc4)nc(-c4cccc(-c5ccc6c(c5)-c5ccccc5C65c6ccccc6-c6ccccc65)c4)n3)cc2)cc1. The van der Waals surface area contributed by atoms with Gasteiger partial charge in [0, 0.05) is 16.7 Å². The molecule has 1 heterocycles. The Morgan fingerprint density at radius 1 is 0.230 bits per heavy atom. The second kappa shape index (κ2) is 14.1. The van der Waals surface area contributed by atoms with Crippen molar-refractivity contribution in [2.45, 2.75) is 5.41 Å². The van der Waals surface area contributed by atoms with Gasteiger partial charge in [-0.05, 0) is 96.1 Å². The van der Waals surface area contributed by atoms with Gasteiger partial charge in [0.05, 0.1) is 16.8 Å². The summed E-state index contributed by atoms with van der Waals surface area (Å²) in [4.78, 5) is 10.5. The van der Waals surface area contributed by atoms with Crippen LogP contribution in [-0.4, -0.2) is 9.97 Å². The lowest BCUT2D eigenvalue weighted by molar-refractivity contribution is 0.794. The highest BCUT2D eigenvalue weighted by molar-refractivity contribution is 5.96. The van der Waals surface area contributed by atoms with E-state index in [9.17, 15) is 0 Å². The molecule has 12 rings (SSSR count). The Labute approximate surface area is 356 Å². The number of rotatable bonds is 6. The van der Waals surface area contributed by atoms with Crippen LogP contribution in [-0.2, 0) is 5.41 Å². The van der Waals surface area contributed by atoms with Gasteiger partial charge in [0.2, 0.25) is 0 Å². The van der Waals surface area contributed by atoms with E-state index in [1.807, 2.05) is 0 Å². The van der Waals surface area contributed by atoms with Crippen LogP contribution in [0.1, 0.15) is 22.3 Å². The molecule has 2 aliphatic rings. The van der Waals surface area contributed by atoms with E-state index in [2.05, 4.69) is 231 Å². The predicted octanol–water partition coefficient (Wildman–Crippen LogP) is 14.8. The molecule has 0 saturated carbocycles. The molecule has 0 atom stereocenters. The van der Waals surface area contributed by atoms with E-state index in [4.69, 9.17) is 9.97 Å². The van der Waals surface area contributed by atoms with E-state index in [1.165, 1.54) is 66.8 Å². The molecule has 0 N–H and O–H groups in total. The zero-order valence-electron chi connectivity index (χ0n) is 33.3. The number of aromatic nitrogens is 2. The van der Waals surface area contributed by atoms with Crippen molar-refractivity contribution in [3.8, 4) is 89.5 Å². The first-order valence-corrected chi connectivity index (χ1v) is 21.0. The molecule has 0 aliphatic heterocycles. The Bertz CT molecular complexity index is 3130. The van der Waals surface area contributed by atoms with Crippen LogP contribution in [0, 0.1) is 0 Å². The maximum absolute atomic E-state index is 5.27. The summed E-state index contributed by atoms with van der Waals surface area (Å²) in [5.41, 5.74) is 22.1. The predicted molar refractivity (Wildman–Crippen MR) is 251 cm³/mol. The topological polar surface area (TPSA) is 25.8 Å². The van der Waals surface area contributed by atoms with Gasteiger partial charge in [0.15, 0.2) is 5.82 Å². The van der Waals surface area contributed by atoms with Crippen LogP contribution in [0.3, 0.4) is 0 Å². The Balaban J connectivity index is 0.969. The smallest absolute Gasteiger partial charge is 0.160 e. The molecule has 0 radical (unpaired) electrons. The molecule has 2 heteroatoms. The standard InChI is InChI=1S/C59H38N2/c1-3-14-39(15-4-1)41-26-30-43(31-27-41)56-38-57(44-32-28-42(29-33-44)40-16-5-2-6-17-40)61-58(60-56)47-19-13-18-45(36-47)46-34-35-55-51(37-46)50-22-9-12-25-54(50)59(55)52-23-10-7-20-48(52)49-21-8-11-24-53(49)59/h1-38H. The fourth-order valence-electron chi connectivity index (χ4n) is 9.92. The second-order valence-corrected chi connectivity index (χ2v) is 16.1. The molecule has 0 amide bonds. The van der Waals surface area contributed by atoms with Crippen LogP contribution in [0.5, 0.6) is 0 Å². The number of hydrogen-bond acceptors (Lipinski definition) is 2. The molecule has 10 aromatic rings. The van der Waals surface area contributed by atoms with E-state index in [0.29, 0.717) is 5.82 Å². The molecular formula is C59H38N2. The van der Waals surface area contributed by atoms with Gasteiger partial charge >= 0.3 is 0 Å². The summed E-state index contributed by atoms with van der Waals surface area (Å²) in [7, 11) is 0. The summed E-state index contributed by atoms with van der Waals surface area (Å²) in [6.07, 6.45) is 0. The quantitative estimate of drug-likeness (QED) is 0.168. The molecule has 0 saturated heterocycles. The van der Waals surface area contributed by atoms with Crippen molar-refractivity contribution in [1.82, 2.24) is 9.97 Å². The molecular weight excluding hydrogens is 737 g/mol. The van der Waals surface area contributed by atoms with E-state index in [1.54, 1.807) is 0 Å². The fourth-order valence-corrected chi connectivity index (χ4v) is 9.92. The molecule has 61 heavy (non-hydrogen) atoms. The van der Waals surface area contributed by atoms with Crippen molar-refractivity contribution >= 4 is 0 Å². The molecule has 1 spiro atoms. The minimum Gasteiger partial charge on any atom is -0.228 e. The van der Waals surface area contributed by atoms with Gasteiger partial charge in [-0.3, -0.25) is 0 Å². The summed E-state index contributed by atoms with van der Waals surface area (Å²) in [6.45, 7) is 0. The van der Waals surface area contributed by atoms with Gasteiger partial charge < -0.3 is 0 Å². The number of fused-ring (bicyclic) bond motifs is 10. The molecule has 2 nitrogen and oxygen atoms in total. The van der Waals surface area contributed by atoms with Gasteiger partial charge in [-0.25, -0.2) is 9.97 Å². The van der Waals surface area contributed by atoms with E-state index >= 15 is 0 Å². The van der Waals surface area contributed by atoms with Gasteiger partial charge in [-0.2, -0.15) is 0 Å². The van der Waals surface area contributed by atoms with Crippen LogP contribution >= 0.6 is 0 Å². The molecule has 0 bridgehead atoms. The van der Waals surface area contributed by atoms with Crippen LogP contribution in [0.4, 0.5) is 0 Å². The van der Waals surface area contributed by atoms with Crippen molar-refractivity contribution < 1.29 is 0 Å². The van der Waals surface area contributed by atoms with E-state index in [0.717, 1.165) is 39.2 Å². The molecule has 284 valence electrons. The summed E-state index contributed by atoms with van der Waals surface area (Å²) < 4.78 is 0. The average Bonchev–Trinajstić information content (AvgIpc) is 3.82. The first-order chi connectivity index (χ1) is 30.2. The molecule has 0 fully saturated rings. The number of nitrogens with zero attached hydrogens (tertiary/aromatic N) is 2. The average molecular weight is 775 g/mol. The van der Waals surface area contributed by atoms with E-state index in [-0.39, 0.29) is 5.41 Å². The van der Waals surface area contributed by atoms with Crippen molar-refractivity contribution in [2.24, 2.45) is 0 Å². The third kappa shape index (κ3) is 5.64. The highest BCUT2D eigenvalue weighted by atomic mass is 14.9. The van der Waals surface area contributed by atoms with Crippen LogP contribution in [0.2, 0.25) is 0 Å². The molecule has 2 aliphatic carbocycles. The summed E-state index contributed by atoms with van der Waals surface area (Å²) in [5.74, 6) is 0.693. The van der Waals surface area contributed by atoms with Crippen LogP contribution in [0.25, 0.3) is 89.5 Å². The van der Waals surface area contributed by atoms with E-state index < -0.39 is 0 Å². The summed E-state index contributed by atoms with van der Waals surface area (Å²) in [6, 6.07) is 83.3. The second-order valence-electron chi connectivity index (χ2n) is 16.1. The van der Waals surface area contributed by atoms with Crippen LogP contribution < -0.4 is 0 Å². The van der Waals surface area contributed by atoms with Gasteiger partial charge in [-0.1, -0.05) is 212 Å². The zero-order valence-corrected chi connectivity index (χ0v) is 33.3. The van der Waals surface area contributed by atoms with Crippen molar-refractivity contribution in [3.63, 3.8) is 0 Å². The van der Waals surface area contributed by atoms with Crippen molar-refractivity contribution in [2.75, 3.05) is 0 Å². The third-order valence-electron chi connectivity index (χ3n) is 12.8. The van der Waals surface area contributed by atoms with Gasteiger partial charge in [-0.15, -0.1) is 0 Å². The normalized spacial score (nSPS) is 12.7. The van der Waals surface area contributed by atoms with Crippen molar-refractivity contribution in [1.29, 1.82) is 0 Å². The molecule has 9 aromatic carbocycles.